The number of carbonyl (C=O) groups excluding carboxylic acids is 1. The van der Waals surface area contributed by atoms with Gasteiger partial charge in [0.2, 0.25) is 0 Å². The summed E-state index contributed by atoms with van der Waals surface area (Å²) in [5.41, 5.74) is 6.98. The predicted molar refractivity (Wildman–Crippen MR) is 83.5 cm³/mol. The number of nitrogens with zero attached hydrogens (tertiary/aromatic N) is 3. The second kappa shape index (κ2) is 6.76. The molecule has 0 aromatic carbocycles. The first kappa shape index (κ1) is 15.6. The average molecular weight is 292 g/mol. The lowest BCUT2D eigenvalue weighted by Crippen LogP contribution is -2.39. The molecule has 2 N–H and O–H groups in total. The first-order chi connectivity index (χ1) is 10.0. The molecular weight excluding hydrogens is 268 g/mol. The van der Waals surface area contributed by atoms with Gasteiger partial charge in [0.25, 0.3) is 0 Å². The molecule has 0 bridgehead atoms. The minimum absolute atomic E-state index is 0.296. The van der Waals surface area contributed by atoms with Crippen molar-refractivity contribution in [2.24, 2.45) is 0 Å². The molecule has 1 saturated heterocycles. The van der Waals surface area contributed by atoms with Crippen LogP contribution in [0, 0.1) is 0 Å². The van der Waals surface area contributed by atoms with E-state index in [-0.39, 0.29) is 0 Å². The number of aromatic nitrogens is 1. The Morgan fingerprint density at radius 1 is 1.52 bits per heavy atom. The molecule has 1 aromatic rings. The van der Waals surface area contributed by atoms with Crippen LogP contribution >= 0.6 is 0 Å². The molecule has 1 atom stereocenters. The van der Waals surface area contributed by atoms with Gasteiger partial charge in [-0.2, -0.15) is 0 Å². The summed E-state index contributed by atoms with van der Waals surface area (Å²) in [7, 11) is 2.12. The fourth-order valence-electron chi connectivity index (χ4n) is 2.76. The van der Waals surface area contributed by atoms with Crippen molar-refractivity contribution in [3.63, 3.8) is 0 Å². The van der Waals surface area contributed by atoms with E-state index in [9.17, 15) is 4.79 Å². The van der Waals surface area contributed by atoms with Gasteiger partial charge in [0.1, 0.15) is 0 Å². The van der Waals surface area contributed by atoms with Crippen LogP contribution in [0.25, 0.3) is 0 Å². The first-order valence-corrected chi connectivity index (χ1v) is 7.41. The van der Waals surface area contributed by atoms with Crippen molar-refractivity contribution >= 4 is 17.5 Å². The van der Waals surface area contributed by atoms with Crippen LogP contribution in [0.4, 0.5) is 11.5 Å². The van der Waals surface area contributed by atoms with E-state index < -0.39 is 5.97 Å². The molecule has 0 radical (unpaired) electrons. The highest BCUT2D eigenvalue weighted by Crippen LogP contribution is 2.27. The number of nitrogen functional groups attached to an aromatic ring is 1. The van der Waals surface area contributed by atoms with Crippen LogP contribution in [-0.4, -0.2) is 55.2 Å². The van der Waals surface area contributed by atoms with E-state index in [2.05, 4.69) is 28.8 Å². The van der Waals surface area contributed by atoms with Gasteiger partial charge < -0.3 is 20.3 Å². The standard InChI is InChI=1S/C15H24N4O2/c1-4-21-15(20)12-6-7-17-14(13(12)16)19-9-5-8-18(3)10-11(19)2/h6-7,11H,4-5,8-10,16H2,1-3H3. The number of pyridine rings is 1. The van der Waals surface area contributed by atoms with E-state index in [0.717, 1.165) is 26.1 Å². The molecular formula is C15H24N4O2. The topological polar surface area (TPSA) is 71.7 Å². The summed E-state index contributed by atoms with van der Waals surface area (Å²) in [5, 5.41) is 0. The third-order valence-corrected chi connectivity index (χ3v) is 3.78. The zero-order chi connectivity index (χ0) is 15.4. The molecule has 6 nitrogen and oxygen atoms in total. The number of anilines is 2. The van der Waals surface area contributed by atoms with Crippen LogP contribution < -0.4 is 10.6 Å². The minimum atomic E-state index is -0.391. The molecule has 1 fully saturated rings. The highest BCUT2D eigenvalue weighted by molar-refractivity contribution is 5.97. The zero-order valence-electron chi connectivity index (χ0n) is 13.0. The molecule has 6 heteroatoms. The molecule has 1 aliphatic heterocycles. The minimum Gasteiger partial charge on any atom is -0.462 e. The molecule has 1 aliphatic rings. The summed E-state index contributed by atoms with van der Waals surface area (Å²) >= 11 is 0. The van der Waals surface area contributed by atoms with Gasteiger partial charge in [0.15, 0.2) is 5.82 Å². The number of hydrogen-bond donors (Lipinski definition) is 1. The van der Waals surface area contributed by atoms with Crippen LogP contribution in [-0.2, 0) is 4.74 Å². The van der Waals surface area contributed by atoms with Gasteiger partial charge in [-0.25, -0.2) is 9.78 Å². The van der Waals surface area contributed by atoms with E-state index in [1.807, 2.05) is 0 Å². The Balaban J connectivity index is 2.31. The number of hydrogen-bond acceptors (Lipinski definition) is 6. The van der Waals surface area contributed by atoms with E-state index in [1.165, 1.54) is 0 Å². The highest BCUT2D eigenvalue weighted by atomic mass is 16.5. The largest absolute Gasteiger partial charge is 0.462 e. The molecule has 2 rings (SSSR count). The molecule has 0 aliphatic carbocycles. The number of likely N-dealkylation sites (N-methyl/N-ethyl adjacent to an activating group) is 1. The van der Waals surface area contributed by atoms with Gasteiger partial charge >= 0.3 is 5.97 Å². The van der Waals surface area contributed by atoms with Crippen LogP contribution in [0.3, 0.4) is 0 Å². The van der Waals surface area contributed by atoms with Gasteiger partial charge in [-0.15, -0.1) is 0 Å². The summed E-state index contributed by atoms with van der Waals surface area (Å²) in [6.07, 6.45) is 2.67. The molecule has 116 valence electrons. The van der Waals surface area contributed by atoms with Gasteiger partial charge in [0, 0.05) is 25.3 Å². The maximum absolute atomic E-state index is 11.9. The van der Waals surface area contributed by atoms with Gasteiger partial charge in [-0.1, -0.05) is 0 Å². The lowest BCUT2D eigenvalue weighted by molar-refractivity contribution is 0.0527. The number of esters is 1. The molecule has 0 amide bonds. The van der Waals surface area contributed by atoms with Crippen molar-refractivity contribution in [1.82, 2.24) is 9.88 Å². The third-order valence-electron chi connectivity index (χ3n) is 3.78. The lowest BCUT2D eigenvalue weighted by Gasteiger charge is -2.30. The third kappa shape index (κ3) is 3.44. The Morgan fingerprint density at radius 2 is 2.29 bits per heavy atom. The van der Waals surface area contributed by atoms with Crippen LogP contribution in [0.5, 0.6) is 0 Å². The van der Waals surface area contributed by atoms with Crippen molar-refractivity contribution in [2.45, 2.75) is 26.3 Å². The Labute approximate surface area is 125 Å². The summed E-state index contributed by atoms with van der Waals surface area (Å²) in [6, 6.07) is 1.91. The summed E-state index contributed by atoms with van der Waals surface area (Å²) in [5.74, 6) is 0.293. The van der Waals surface area contributed by atoms with Crippen LogP contribution in [0.1, 0.15) is 30.6 Å². The van der Waals surface area contributed by atoms with Crippen molar-refractivity contribution in [2.75, 3.05) is 43.9 Å². The Bertz CT molecular complexity index is 506. The smallest absolute Gasteiger partial charge is 0.340 e. The van der Waals surface area contributed by atoms with E-state index in [0.29, 0.717) is 29.7 Å². The second-order valence-corrected chi connectivity index (χ2v) is 5.47. The van der Waals surface area contributed by atoms with Crippen LogP contribution in [0.2, 0.25) is 0 Å². The predicted octanol–water partition coefficient (Wildman–Crippen LogP) is 1.37. The van der Waals surface area contributed by atoms with Gasteiger partial charge in [-0.3, -0.25) is 0 Å². The quantitative estimate of drug-likeness (QED) is 0.848. The van der Waals surface area contributed by atoms with Gasteiger partial charge in [-0.05, 0) is 39.9 Å². The molecule has 2 heterocycles. The maximum Gasteiger partial charge on any atom is 0.340 e. The summed E-state index contributed by atoms with van der Waals surface area (Å²) < 4.78 is 5.05. The molecule has 21 heavy (non-hydrogen) atoms. The van der Waals surface area contributed by atoms with Crippen molar-refractivity contribution in [3.8, 4) is 0 Å². The summed E-state index contributed by atoms with van der Waals surface area (Å²) in [4.78, 5) is 20.8. The molecule has 0 spiro atoms. The van der Waals surface area contributed by atoms with Crippen molar-refractivity contribution in [3.05, 3.63) is 17.8 Å². The van der Waals surface area contributed by atoms with Crippen LogP contribution in [0.15, 0.2) is 12.3 Å². The highest BCUT2D eigenvalue weighted by Gasteiger charge is 2.24. The van der Waals surface area contributed by atoms with E-state index in [4.69, 9.17) is 10.5 Å². The summed E-state index contributed by atoms with van der Waals surface area (Å²) in [6.45, 7) is 7.15. The number of rotatable bonds is 3. The maximum atomic E-state index is 11.9. The van der Waals surface area contributed by atoms with Crippen molar-refractivity contribution in [1.29, 1.82) is 0 Å². The molecule has 1 aromatic heterocycles. The average Bonchev–Trinajstić information content (AvgIpc) is 2.60. The normalized spacial score (nSPS) is 20.1. The van der Waals surface area contributed by atoms with Gasteiger partial charge in [0.05, 0.1) is 17.9 Å². The fraction of sp³-hybridized carbons (Fsp3) is 0.600. The lowest BCUT2D eigenvalue weighted by atomic mass is 10.2. The SMILES string of the molecule is CCOC(=O)c1ccnc(N2CCCN(C)CC2C)c1N. The molecule has 1 unspecified atom stereocenters. The van der Waals surface area contributed by atoms with E-state index in [1.54, 1.807) is 19.2 Å². The Kier molecular flexibility index (Phi) is 5.01. The molecule has 0 saturated carbocycles. The number of carbonyl (C=O) groups is 1. The number of nitrogens with two attached hydrogens (primary N) is 1. The first-order valence-electron chi connectivity index (χ1n) is 7.41. The Morgan fingerprint density at radius 3 is 3.00 bits per heavy atom. The Hall–Kier alpha value is -1.82. The second-order valence-electron chi connectivity index (χ2n) is 5.47. The number of ether oxygens (including phenoxy) is 1. The van der Waals surface area contributed by atoms with E-state index >= 15 is 0 Å². The fourth-order valence-corrected chi connectivity index (χ4v) is 2.76. The van der Waals surface area contributed by atoms with Crippen molar-refractivity contribution < 1.29 is 9.53 Å². The zero-order valence-corrected chi connectivity index (χ0v) is 13.0. The monoisotopic (exact) mass is 292 g/mol.